The van der Waals surface area contributed by atoms with Crippen LogP contribution in [0.2, 0.25) is 5.02 Å². The zero-order chi connectivity index (χ0) is 29.3. The molecular weight excluding hydrogens is 554 g/mol. The van der Waals surface area contributed by atoms with Gasteiger partial charge in [0, 0.05) is 17.0 Å². The normalized spacial score (nSPS) is 13.8. The molecular formula is C37H36ClN3O2. The Morgan fingerprint density at radius 2 is 1.42 bits per heavy atom. The molecule has 1 N–H and O–H groups in total. The molecule has 6 heteroatoms. The second-order valence-electron chi connectivity index (χ2n) is 11.1. The molecule has 5 aromatic rings. The Balaban J connectivity index is 1.24. The number of hydrogen-bond donors (Lipinski definition) is 1. The number of fused-ring (bicyclic) bond motifs is 1. The average molecular weight is 590 g/mol. The summed E-state index contributed by atoms with van der Waals surface area (Å²) in [5, 5.41) is 5.27. The van der Waals surface area contributed by atoms with Crippen molar-refractivity contribution in [3.63, 3.8) is 0 Å². The highest BCUT2D eigenvalue weighted by Crippen LogP contribution is 2.31. The topological polar surface area (TPSA) is 56.3 Å². The Bertz CT molecular complexity index is 1670. The largest absolute Gasteiger partial charge is 0.485 e. The lowest BCUT2D eigenvalue weighted by atomic mass is 9.89. The van der Waals surface area contributed by atoms with Gasteiger partial charge >= 0.3 is 0 Å². The Hall–Kier alpha value is -4.35. The van der Waals surface area contributed by atoms with E-state index in [9.17, 15) is 0 Å². The number of nitrogens with zero attached hydrogens (tertiary/aromatic N) is 2. The average Bonchev–Trinajstić information content (AvgIpc) is 3.06. The lowest BCUT2D eigenvalue weighted by Gasteiger charge is -2.22. The van der Waals surface area contributed by atoms with Gasteiger partial charge in [-0.2, -0.15) is 0 Å². The van der Waals surface area contributed by atoms with Gasteiger partial charge in [-0.1, -0.05) is 104 Å². The fraction of sp³-hybridized carbons (Fsp3) is 0.243. The van der Waals surface area contributed by atoms with Crippen LogP contribution < -0.4 is 14.8 Å². The molecule has 1 fully saturated rings. The maximum atomic E-state index is 6.34. The third kappa shape index (κ3) is 7.94. The first kappa shape index (κ1) is 28.8. The van der Waals surface area contributed by atoms with E-state index in [1.54, 1.807) is 0 Å². The van der Waals surface area contributed by atoms with E-state index in [1.807, 2.05) is 84.9 Å². The molecule has 0 bridgehead atoms. The van der Waals surface area contributed by atoms with Gasteiger partial charge in [0.15, 0.2) is 17.3 Å². The summed E-state index contributed by atoms with van der Waals surface area (Å²) in [7, 11) is 0. The summed E-state index contributed by atoms with van der Waals surface area (Å²) in [6, 6.07) is 32.0. The van der Waals surface area contributed by atoms with Gasteiger partial charge in [-0.05, 0) is 71.9 Å². The monoisotopic (exact) mass is 589 g/mol. The molecule has 0 aliphatic heterocycles. The van der Waals surface area contributed by atoms with Gasteiger partial charge in [-0.25, -0.2) is 9.97 Å². The van der Waals surface area contributed by atoms with Gasteiger partial charge in [0.25, 0.3) is 0 Å². The van der Waals surface area contributed by atoms with Crippen molar-refractivity contribution in [3.8, 4) is 11.5 Å². The number of ether oxygens (including phenoxy) is 2. The zero-order valence-corrected chi connectivity index (χ0v) is 25.0. The fourth-order valence-corrected chi connectivity index (χ4v) is 5.63. The Kier molecular flexibility index (Phi) is 9.50. The Morgan fingerprint density at radius 1 is 0.721 bits per heavy atom. The summed E-state index contributed by atoms with van der Waals surface area (Å²) in [5.41, 5.74) is 3.97. The molecule has 5 nitrogen and oxygen atoms in total. The first-order chi connectivity index (χ1) is 21.2. The minimum atomic E-state index is 0.445. The number of aromatic nitrogens is 2. The van der Waals surface area contributed by atoms with Crippen LogP contribution in [0.4, 0.5) is 5.82 Å². The van der Waals surface area contributed by atoms with E-state index >= 15 is 0 Å². The minimum Gasteiger partial charge on any atom is -0.485 e. The fourth-order valence-electron chi connectivity index (χ4n) is 5.46. The molecule has 0 spiro atoms. The SMILES string of the molecule is Clc1ccc2c(NCC3CCCCC3)nc(C=Cc3ccc(OCc4ccccc4)c(OCc4ccccc4)c3)nc2c1. The van der Waals surface area contributed by atoms with Crippen LogP contribution in [0.25, 0.3) is 23.1 Å². The van der Waals surface area contributed by atoms with E-state index < -0.39 is 0 Å². The predicted molar refractivity (Wildman–Crippen MR) is 177 cm³/mol. The Morgan fingerprint density at radius 3 is 2.14 bits per heavy atom. The molecule has 4 aromatic carbocycles. The van der Waals surface area contributed by atoms with Gasteiger partial charge in [0.2, 0.25) is 0 Å². The van der Waals surface area contributed by atoms with Crippen LogP contribution in [0.3, 0.4) is 0 Å². The van der Waals surface area contributed by atoms with Crippen molar-refractivity contribution < 1.29 is 9.47 Å². The standard InChI is InChI=1S/C37H36ClN3O2/c38-31-18-19-32-33(23-31)40-36(41-37(32)39-24-28-10-4-1-5-11-28)21-17-27-16-20-34(42-25-29-12-6-2-7-13-29)35(22-27)43-26-30-14-8-3-9-15-30/h2-3,6-9,12-23,28H,1,4-5,10-11,24-26H2,(H,39,40,41). The molecule has 0 atom stereocenters. The number of anilines is 1. The first-order valence-corrected chi connectivity index (χ1v) is 15.4. The third-order valence-corrected chi connectivity index (χ3v) is 8.06. The first-order valence-electron chi connectivity index (χ1n) is 15.1. The van der Waals surface area contributed by atoms with Crippen LogP contribution in [0, 0.1) is 5.92 Å². The molecule has 0 saturated heterocycles. The van der Waals surface area contributed by atoms with Crippen LogP contribution in [0.15, 0.2) is 97.1 Å². The predicted octanol–water partition coefficient (Wildman–Crippen LogP) is 9.60. The second kappa shape index (κ2) is 14.2. The summed E-state index contributed by atoms with van der Waals surface area (Å²) in [4.78, 5) is 9.71. The number of nitrogens with one attached hydrogen (secondary N) is 1. The summed E-state index contributed by atoms with van der Waals surface area (Å²) < 4.78 is 12.5. The van der Waals surface area contributed by atoms with E-state index in [0.29, 0.717) is 41.5 Å². The molecule has 1 heterocycles. The molecule has 218 valence electrons. The minimum absolute atomic E-state index is 0.445. The van der Waals surface area contributed by atoms with Crippen molar-refractivity contribution in [1.82, 2.24) is 9.97 Å². The van der Waals surface area contributed by atoms with Crippen LogP contribution in [0.1, 0.15) is 54.6 Å². The third-order valence-electron chi connectivity index (χ3n) is 7.83. The van der Waals surface area contributed by atoms with Crippen molar-refractivity contribution in [2.45, 2.75) is 45.3 Å². The molecule has 0 amide bonds. The maximum absolute atomic E-state index is 6.34. The molecule has 43 heavy (non-hydrogen) atoms. The summed E-state index contributed by atoms with van der Waals surface area (Å²) in [6.07, 6.45) is 10.5. The van der Waals surface area contributed by atoms with Crippen molar-refractivity contribution in [2.75, 3.05) is 11.9 Å². The lowest BCUT2D eigenvalue weighted by Crippen LogP contribution is -2.18. The number of rotatable bonds is 11. The molecule has 0 unspecified atom stereocenters. The van der Waals surface area contributed by atoms with E-state index in [2.05, 4.69) is 29.6 Å². The summed E-state index contributed by atoms with van der Waals surface area (Å²) in [6.45, 7) is 1.83. The molecule has 1 aliphatic rings. The molecule has 0 radical (unpaired) electrons. The molecule has 1 aliphatic carbocycles. The van der Waals surface area contributed by atoms with E-state index in [1.165, 1.54) is 32.1 Å². The van der Waals surface area contributed by atoms with Gasteiger partial charge < -0.3 is 14.8 Å². The maximum Gasteiger partial charge on any atom is 0.162 e. The number of benzene rings is 4. The number of halogens is 1. The van der Waals surface area contributed by atoms with Crippen LogP contribution in [-0.4, -0.2) is 16.5 Å². The summed E-state index contributed by atoms with van der Waals surface area (Å²) >= 11 is 6.34. The second-order valence-corrected chi connectivity index (χ2v) is 11.5. The van der Waals surface area contributed by atoms with Crippen molar-refractivity contribution in [2.24, 2.45) is 5.92 Å². The summed E-state index contributed by atoms with van der Waals surface area (Å²) in [5.74, 6) is 3.54. The Labute approximate surface area is 258 Å². The van der Waals surface area contributed by atoms with Gasteiger partial charge in [0.05, 0.1) is 5.52 Å². The van der Waals surface area contributed by atoms with Crippen LogP contribution in [0.5, 0.6) is 11.5 Å². The smallest absolute Gasteiger partial charge is 0.162 e. The van der Waals surface area contributed by atoms with Crippen molar-refractivity contribution >= 4 is 40.5 Å². The van der Waals surface area contributed by atoms with Crippen molar-refractivity contribution in [3.05, 3.63) is 125 Å². The lowest BCUT2D eigenvalue weighted by molar-refractivity contribution is 0.256. The zero-order valence-electron chi connectivity index (χ0n) is 24.2. The van der Waals surface area contributed by atoms with Gasteiger partial charge in [-0.15, -0.1) is 0 Å². The van der Waals surface area contributed by atoms with Crippen LogP contribution in [-0.2, 0) is 13.2 Å². The molecule has 6 rings (SSSR count). The highest BCUT2D eigenvalue weighted by Gasteiger charge is 2.15. The van der Waals surface area contributed by atoms with Gasteiger partial charge in [-0.3, -0.25) is 0 Å². The van der Waals surface area contributed by atoms with Crippen LogP contribution >= 0.6 is 11.6 Å². The van der Waals surface area contributed by atoms with Crippen molar-refractivity contribution in [1.29, 1.82) is 0 Å². The highest BCUT2D eigenvalue weighted by molar-refractivity contribution is 6.31. The molecule has 1 aromatic heterocycles. The van der Waals surface area contributed by atoms with Gasteiger partial charge in [0.1, 0.15) is 19.0 Å². The number of hydrogen-bond acceptors (Lipinski definition) is 5. The van der Waals surface area contributed by atoms with E-state index in [0.717, 1.165) is 40.0 Å². The molecule has 1 saturated carbocycles. The van der Waals surface area contributed by atoms with E-state index in [-0.39, 0.29) is 0 Å². The highest BCUT2D eigenvalue weighted by atomic mass is 35.5. The van der Waals surface area contributed by atoms with E-state index in [4.69, 9.17) is 31.0 Å². The quantitative estimate of drug-likeness (QED) is 0.166.